The molecule has 1 heterocycles. The molecule has 1 aromatic heterocycles. The van der Waals surface area contributed by atoms with Gasteiger partial charge in [0.15, 0.2) is 0 Å². The van der Waals surface area contributed by atoms with Gasteiger partial charge in [-0.1, -0.05) is 12.1 Å². The van der Waals surface area contributed by atoms with Crippen molar-refractivity contribution in [1.29, 1.82) is 0 Å². The van der Waals surface area contributed by atoms with Crippen LogP contribution in [0.25, 0.3) is 0 Å². The Bertz CT molecular complexity index is 507. The van der Waals surface area contributed by atoms with Crippen LogP contribution in [0.4, 0.5) is 0 Å². The first-order valence-corrected chi connectivity index (χ1v) is 6.54. The third kappa shape index (κ3) is 3.83. The zero-order valence-corrected chi connectivity index (χ0v) is 11.4. The summed E-state index contributed by atoms with van der Waals surface area (Å²) >= 11 is 0. The Labute approximate surface area is 113 Å². The SMILES string of the molecule is Cc1ccc(C(C)O)c(OCCCn2ccnc2)c1. The Hall–Kier alpha value is -1.81. The fraction of sp³-hybridized carbons (Fsp3) is 0.400. The maximum absolute atomic E-state index is 9.71. The zero-order chi connectivity index (χ0) is 13.7. The summed E-state index contributed by atoms with van der Waals surface area (Å²) in [5.74, 6) is 0.778. The van der Waals surface area contributed by atoms with Gasteiger partial charge in [0.1, 0.15) is 5.75 Å². The van der Waals surface area contributed by atoms with Crippen molar-refractivity contribution in [3.8, 4) is 5.75 Å². The van der Waals surface area contributed by atoms with Crippen molar-refractivity contribution in [3.63, 3.8) is 0 Å². The zero-order valence-electron chi connectivity index (χ0n) is 11.4. The normalized spacial score (nSPS) is 12.4. The van der Waals surface area contributed by atoms with Gasteiger partial charge in [0, 0.05) is 24.5 Å². The standard InChI is InChI=1S/C15H20N2O2/c1-12-4-5-14(13(2)18)15(10-12)19-9-3-7-17-8-6-16-11-17/h4-6,8,10-11,13,18H,3,7,9H2,1-2H3. The van der Waals surface area contributed by atoms with Crippen LogP contribution in [-0.4, -0.2) is 21.3 Å². The second-order valence-electron chi connectivity index (χ2n) is 4.72. The molecular formula is C15H20N2O2. The molecule has 0 aliphatic heterocycles. The van der Waals surface area contributed by atoms with Crippen LogP contribution in [0.5, 0.6) is 5.75 Å². The van der Waals surface area contributed by atoms with Gasteiger partial charge < -0.3 is 14.4 Å². The Morgan fingerprint density at radius 3 is 2.95 bits per heavy atom. The number of aromatic nitrogens is 2. The van der Waals surface area contributed by atoms with Gasteiger partial charge in [-0.25, -0.2) is 4.98 Å². The molecule has 1 aromatic carbocycles. The molecule has 19 heavy (non-hydrogen) atoms. The van der Waals surface area contributed by atoms with E-state index < -0.39 is 6.10 Å². The topological polar surface area (TPSA) is 47.3 Å². The number of nitrogens with zero attached hydrogens (tertiary/aromatic N) is 2. The summed E-state index contributed by atoms with van der Waals surface area (Å²) in [6.07, 6.45) is 5.91. The first-order chi connectivity index (χ1) is 9.16. The molecule has 2 aromatic rings. The maximum Gasteiger partial charge on any atom is 0.125 e. The van der Waals surface area contributed by atoms with E-state index in [9.17, 15) is 5.11 Å². The number of aliphatic hydroxyl groups is 1. The van der Waals surface area contributed by atoms with Gasteiger partial charge in [0.25, 0.3) is 0 Å². The largest absolute Gasteiger partial charge is 0.493 e. The molecule has 0 bridgehead atoms. The Kier molecular flexibility index (Phi) is 4.58. The van der Waals surface area contributed by atoms with Gasteiger partial charge in [0.2, 0.25) is 0 Å². The quantitative estimate of drug-likeness (QED) is 0.812. The lowest BCUT2D eigenvalue weighted by Crippen LogP contribution is -2.05. The first-order valence-electron chi connectivity index (χ1n) is 6.54. The molecule has 0 aliphatic carbocycles. The summed E-state index contributed by atoms with van der Waals surface area (Å²) in [5.41, 5.74) is 1.97. The van der Waals surface area contributed by atoms with Crippen LogP contribution >= 0.6 is 0 Å². The van der Waals surface area contributed by atoms with E-state index in [1.54, 1.807) is 19.4 Å². The van der Waals surface area contributed by atoms with Crippen LogP contribution in [-0.2, 0) is 6.54 Å². The molecule has 2 rings (SSSR count). The van der Waals surface area contributed by atoms with Gasteiger partial charge in [-0.2, -0.15) is 0 Å². The molecule has 1 N–H and O–H groups in total. The number of ether oxygens (including phenoxy) is 1. The average molecular weight is 260 g/mol. The van der Waals surface area contributed by atoms with Crippen molar-refractivity contribution < 1.29 is 9.84 Å². The van der Waals surface area contributed by atoms with Crippen LogP contribution < -0.4 is 4.74 Å². The lowest BCUT2D eigenvalue weighted by Gasteiger charge is -2.14. The van der Waals surface area contributed by atoms with E-state index in [4.69, 9.17) is 4.74 Å². The molecule has 0 amide bonds. The van der Waals surface area contributed by atoms with E-state index in [2.05, 4.69) is 4.98 Å². The highest BCUT2D eigenvalue weighted by Gasteiger charge is 2.09. The average Bonchev–Trinajstić information content (AvgIpc) is 2.87. The number of benzene rings is 1. The summed E-state index contributed by atoms with van der Waals surface area (Å²) in [7, 11) is 0. The van der Waals surface area contributed by atoms with Crippen molar-refractivity contribution >= 4 is 0 Å². The third-order valence-corrected chi connectivity index (χ3v) is 3.00. The number of aryl methyl sites for hydroxylation is 2. The highest BCUT2D eigenvalue weighted by Crippen LogP contribution is 2.26. The van der Waals surface area contributed by atoms with Crippen LogP contribution in [0.1, 0.15) is 30.6 Å². The molecule has 4 nitrogen and oxygen atoms in total. The molecule has 0 fully saturated rings. The lowest BCUT2D eigenvalue weighted by molar-refractivity contribution is 0.190. The molecule has 1 unspecified atom stereocenters. The Morgan fingerprint density at radius 2 is 2.26 bits per heavy atom. The lowest BCUT2D eigenvalue weighted by atomic mass is 10.1. The van der Waals surface area contributed by atoms with Gasteiger partial charge in [0.05, 0.1) is 19.0 Å². The van der Waals surface area contributed by atoms with E-state index in [0.29, 0.717) is 6.61 Å². The predicted octanol–water partition coefficient (Wildman–Crippen LogP) is 2.71. The fourth-order valence-electron chi connectivity index (χ4n) is 1.96. The molecule has 0 saturated heterocycles. The van der Waals surface area contributed by atoms with Crippen molar-refractivity contribution in [1.82, 2.24) is 9.55 Å². The fourth-order valence-corrected chi connectivity index (χ4v) is 1.96. The van der Waals surface area contributed by atoms with Crippen molar-refractivity contribution in [3.05, 3.63) is 48.0 Å². The molecule has 0 saturated carbocycles. The van der Waals surface area contributed by atoms with Crippen molar-refractivity contribution in [2.75, 3.05) is 6.61 Å². The van der Waals surface area contributed by atoms with E-state index in [1.165, 1.54) is 0 Å². The van der Waals surface area contributed by atoms with E-state index in [0.717, 1.165) is 29.8 Å². The third-order valence-electron chi connectivity index (χ3n) is 3.00. The summed E-state index contributed by atoms with van der Waals surface area (Å²) in [6, 6.07) is 5.88. The van der Waals surface area contributed by atoms with Crippen molar-refractivity contribution in [2.45, 2.75) is 32.9 Å². The summed E-state index contributed by atoms with van der Waals surface area (Å²) in [4.78, 5) is 4.00. The second-order valence-corrected chi connectivity index (χ2v) is 4.72. The number of rotatable bonds is 6. The molecule has 1 atom stereocenters. The molecule has 102 valence electrons. The Morgan fingerprint density at radius 1 is 1.42 bits per heavy atom. The molecule has 0 radical (unpaired) electrons. The van der Waals surface area contributed by atoms with Gasteiger partial charge in [-0.15, -0.1) is 0 Å². The smallest absolute Gasteiger partial charge is 0.125 e. The predicted molar refractivity (Wildman–Crippen MR) is 74.2 cm³/mol. The highest BCUT2D eigenvalue weighted by molar-refractivity contribution is 5.38. The van der Waals surface area contributed by atoms with Crippen LogP contribution in [0, 0.1) is 6.92 Å². The molecule has 0 spiro atoms. The highest BCUT2D eigenvalue weighted by atomic mass is 16.5. The van der Waals surface area contributed by atoms with E-state index in [-0.39, 0.29) is 0 Å². The summed E-state index contributed by atoms with van der Waals surface area (Å²) in [5, 5.41) is 9.71. The van der Waals surface area contributed by atoms with Crippen LogP contribution in [0.15, 0.2) is 36.9 Å². The minimum atomic E-state index is -0.510. The summed E-state index contributed by atoms with van der Waals surface area (Å²) < 4.78 is 7.81. The number of hydrogen-bond donors (Lipinski definition) is 1. The van der Waals surface area contributed by atoms with Crippen LogP contribution in [0.3, 0.4) is 0 Å². The minimum absolute atomic E-state index is 0.510. The minimum Gasteiger partial charge on any atom is -0.493 e. The van der Waals surface area contributed by atoms with E-state index >= 15 is 0 Å². The van der Waals surface area contributed by atoms with Crippen molar-refractivity contribution in [2.24, 2.45) is 0 Å². The number of hydrogen-bond acceptors (Lipinski definition) is 3. The van der Waals surface area contributed by atoms with Gasteiger partial charge in [-0.05, 0) is 31.9 Å². The summed E-state index contributed by atoms with van der Waals surface area (Å²) in [6.45, 7) is 5.28. The second kappa shape index (κ2) is 6.38. The number of imidazole rings is 1. The van der Waals surface area contributed by atoms with E-state index in [1.807, 2.05) is 35.9 Å². The Balaban J connectivity index is 1.89. The molecular weight excluding hydrogens is 240 g/mol. The first kappa shape index (κ1) is 13.6. The van der Waals surface area contributed by atoms with Crippen LogP contribution in [0.2, 0.25) is 0 Å². The van der Waals surface area contributed by atoms with Gasteiger partial charge in [-0.3, -0.25) is 0 Å². The molecule has 4 heteroatoms. The maximum atomic E-state index is 9.71. The molecule has 0 aliphatic rings. The van der Waals surface area contributed by atoms with Gasteiger partial charge >= 0.3 is 0 Å². The monoisotopic (exact) mass is 260 g/mol. The number of aliphatic hydroxyl groups excluding tert-OH is 1.